The summed E-state index contributed by atoms with van der Waals surface area (Å²) >= 11 is 0. The Morgan fingerprint density at radius 1 is 1.12 bits per heavy atom. The smallest absolute Gasteiger partial charge is 0.430 e. The molecule has 1 unspecified atom stereocenters. The van der Waals surface area contributed by atoms with Crippen LogP contribution in [0.3, 0.4) is 0 Å². The molecule has 2 atom stereocenters. The monoisotopic (exact) mass is 689 g/mol. The standard InChI is InChI=1S/C32H41F6N5O5/c1-7-8-22-15-23(30(47,31(33,34)35)32(36,37)38)9-11-25(22)41-13-14-43(21(4)17-41)27(45)18-42(19-44)28(46)29(5,39-6)26-12-10-24(16-40-26)48-20(2)3/h9-12,15-16,19-21,39,47H,7-8,13-14,17-18H2,1-6H3/t21-,29?/m0/s1. The van der Waals surface area contributed by atoms with Crippen LogP contribution in [0.1, 0.15) is 57.9 Å². The number of ether oxygens (including phenoxy) is 1. The van der Waals surface area contributed by atoms with Crippen molar-refractivity contribution < 1.29 is 50.6 Å². The van der Waals surface area contributed by atoms with E-state index in [9.17, 15) is 45.8 Å². The molecule has 0 bridgehead atoms. The number of nitrogens with zero attached hydrogens (tertiary/aromatic N) is 4. The van der Waals surface area contributed by atoms with E-state index in [1.54, 1.807) is 30.9 Å². The van der Waals surface area contributed by atoms with E-state index < -0.39 is 53.5 Å². The number of imide groups is 1. The number of anilines is 1. The van der Waals surface area contributed by atoms with Crippen LogP contribution in [0.2, 0.25) is 0 Å². The number of amides is 3. The van der Waals surface area contributed by atoms with Crippen molar-refractivity contribution in [1.29, 1.82) is 0 Å². The van der Waals surface area contributed by atoms with E-state index in [1.165, 1.54) is 25.1 Å². The summed E-state index contributed by atoms with van der Waals surface area (Å²) in [5.74, 6) is -0.789. The van der Waals surface area contributed by atoms with Crippen molar-refractivity contribution in [2.24, 2.45) is 0 Å². The lowest BCUT2D eigenvalue weighted by Gasteiger charge is -2.42. The minimum Gasteiger partial charge on any atom is -0.489 e. The fourth-order valence-electron chi connectivity index (χ4n) is 5.67. The lowest BCUT2D eigenvalue weighted by atomic mass is 9.89. The second-order valence-corrected chi connectivity index (χ2v) is 12.1. The quantitative estimate of drug-likeness (QED) is 0.251. The van der Waals surface area contributed by atoms with Crippen LogP contribution in [-0.2, 0) is 31.9 Å². The minimum atomic E-state index is -6.01. The maximum absolute atomic E-state index is 13.6. The summed E-state index contributed by atoms with van der Waals surface area (Å²) < 4.78 is 86.9. The molecule has 1 aromatic heterocycles. The van der Waals surface area contributed by atoms with Gasteiger partial charge in [-0.2, -0.15) is 26.3 Å². The molecule has 1 aliphatic heterocycles. The highest BCUT2D eigenvalue weighted by Crippen LogP contribution is 2.50. The topological polar surface area (TPSA) is 115 Å². The van der Waals surface area contributed by atoms with Crippen LogP contribution in [0, 0.1) is 0 Å². The van der Waals surface area contributed by atoms with Gasteiger partial charge in [-0.3, -0.25) is 24.3 Å². The van der Waals surface area contributed by atoms with Crippen molar-refractivity contribution >= 4 is 23.9 Å². The van der Waals surface area contributed by atoms with Crippen LogP contribution in [0.5, 0.6) is 5.75 Å². The van der Waals surface area contributed by atoms with Crippen LogP contribution >= 0.6 is 0 Å². The Morgan fingerprint density at radius 3 is 2.25 bits per heavy atom. The fourth-order valence-corrected chi connectivity index (χ4v) is 5.67. The number of carbonyl (C=O) groups excluding carboxylic acids is 3. The molecule has 266 valence electrons. The van der Waals surface area contributed by atoms with Crippen molar-refractivity contribution in [2.75, 3.05) is 38.1 Å². The molecule has 1 saturated heterocycles. The Hall–Kier alpha value is -3.92. The second-order valence-electron chi connectivity index (χ2n) is 12.1. The number of halogens is 6. The number of pyridine rings is 1. The first-order valence-corrected chi connectivity index (χ1v) is 15.4. The first-order valence-electron chi connectivity index (χ1n) is 15.4. The molecule has 48 heavy (non-hydrogen) atoms. The lowest BCUT2D eigenvalue weighted by Crippen LogP contribution is -2.58. The zero-order valence-electron chi connectivity index (χ0n) is 27.6. The number of piperazine rings is 1. The van der Waals surface area contributed by atoms with Gasteiger partial charge in [-0.25, -0.2) is 0 Å². The highest BCUT2D eigenvalue weighted by Gasteiger charge is 2.71. The van der Waals surface area contributed by atoms with Crippen LogP contribution in [0.25, 0.3) is 0 Å². The zero-order valence-corrected chi connectivity index (χ0v) is 27.6. The van der Waals surface area contributed by atoms with Gasteiger partial charge in [0.25, 0.3) is 11.5 Å². The van der Waals surface area contributed by atoms with Crippen LogP contribution < -0.4 is 15.0 Å². The summed E-state index contributed by atoms with van der Waals surface area (Å²) in [6.45, 7) is 8.44. The van der Waals surface area contributed by atoms with E-state index in [-0.39, 0.29) is 49.8 Å². The summed E-state index contributed by atoms with van der Waals surface area (Å²) in [6, 6.07) is 5.16. The number of hydrogen-bond donors (Lipinski definition) is 2. The van der Waals surface area contributed by atoms with Gasteiger partial charge in [-0.1, -0.05) is 25.5 Å². The van der Waals surface area contributed by atoms with Gasteiger partial charge >= 0.3 is 12.4 Å². The van der Waals surface area contributed by atoms with Gasteiger partial charge < -0.3 is 25.0 Å². The third-order valence-corrected chi connectivity index (χ3v) is 8.37. The molecule has 2 aromatic rings. The van der Waals surface area contributed by atoms with E-state index in [2.05, 4.69) is 10.3 Å². The Kier molecular flexibility index (Phi) is 11.8. The minimum absolute atomic E-state index is 0.0887. The maximum Gasteiger partial charge on any atom is 0.430 e. The average Bonchev–Trinajstić information content (AvgIpc) is 3.01. The Balaban J connectivity index is 1.79. The largest absolute Gasteiger partial charge is 0.489 e. The van der Waals surface area contributed by atoms with Crippen molar-refractivity contribution in [2.45, 2.75) is 83.1 Å². The number of alkyl halides is 6. The van der Waals surface area contributed by atoms with Crippen molar-refractivity contribution in [1.82, 2.24) is 20.1 Å². The lowest BCUT2D eigenvalue weighted by molar-refractivity contribution is -0.376. The highest BCUT2D eigenvalue weighted by atomic mass is 19.4. The molecule has 0 radical (unpaired) electrons. The van der Waals surface area contributed by atoms with E-state index in [1.807, 2.05) is 13.8 Å². The number of aryl methyl sites for hydroxylation is 1. The Morgan fingerprint density at radius 2 is 1.77 bits per heavy atom. The van der Waals surface area contributed by atoms with Gasteiger partial charge in [0, 0.05) is 36.9 Å². The summed E-state index contributed by atoms with van der Waals surface area (Å²) in [6.07, 6.45) is -9.89. The molecule has 1 aromatic carbocycles. The molecule has 3 rings (SSSR count). The summed E-state index contributed by atoms with van der Waals surface area (Å²) in [4.78, 5) is 47.3. The number of nitrogens with one attached hydrogen (secondary N) is 1. The van der Waals surface area contributed by atoms with Gasteiger partial charge in [0.15, 0.2) is 0 Å². The molecule has 1 fully saturated rings. The number of hydrogen-bond acceptors (Lipinski definition) is 8. The fraction of sp³-hybridized carbons (Fsp3) is 0.562. The third kappa shape index (κ3) is 7.69. The predicted octanol–water partition coefficient (Wildman–Crippen LogP) is 4.29. The zero-order chi connectivity index (χ0) is 36.2. The highest BCUT2D eigenvalue weighted by molar-refractivity contribution is 5.97. The van der Waals surface area contributed by atoms with E-state index in [0.717, 1.165) is 17.0 Å². The van der Waals surface area contributed by atoms with Crippen molar-refractivity contribution in [3.63, 3.8) is 0 Å². The first-order chi connectivity index (χ1) is 22.2. The van der Waals surface area contributed by atoms with Crippen molar-refractivity contribution in [3.8, 4) is 5.75 Å². The van der Waals surface area contributed by atoms with Gasteiger partial charge in [-0.15, -0.1) is 0 Å². The maximum atomic E-state index is 13.6. The summed E-state index contributed by atoms with van der Waals surface area (Å²) in [5.41, 5.74) is -7.03. The molecule has 10 nitrogen and oxygen atoms in total. The molecular formula is C32H41F6N5O5. The average molecular weight is 690 g/mol. The number of aromatic nitrogens is 1. The molecule has 0 saturated carbocycles. The van der Waals surface area contributed by atoms with Crippen LogP contribution in [-0.4, -0.2) is 95.8 Å². The molecule has 16 heteroatoms. The number of aliphatic hydroxyl groups is 1. The number of benzene rings is 1. The SMILES string of the molecule is CCCc1cc(C(O)(C(F)(F)F)C(F)(F)F)ccc1N1CCN(C(=O)CN(C=O)C(=O)C(C)(NC)c2ccc(OC(C)C)cn2)[C@@H](C)C1. The number of rotatable bonds is 12. The molecule has 0 spiro atoms. The van der Waals surface area contributed by atoms with E-state index >= 15 is 0 Å². The third-order valence-electron chi connectivity index (χ3n) is 8.37. The first kappa shape index (κ1) is 38.5. The second kappa shape index (κ2) is 14.7. The molecule has 1 aliphatic rings. The van der Waals surface area contributed by atoms with Gasteiger partial charge in [-0.05, 0) is 64.9 Å². The molecule has 2 heterocycles. The molecule has 0 aliphatic carbocycles. The van der Waals surface area contributed by atoms with Crippen LogP contribution in [0.4, 0.5) is 32.0 Å². The van der Waals surface area contributed by atoms with Gasteiger partial charge in [0.1, 0.15) is 17.8 Å². The van der Waals surface area contributed by atoms with E-state index in [4.69, 9.17) is 4.74 Å². The molecule has 3 amide bonds. The van der Waals surface area contributed by atoms with E-state index in [0.29, 0.717) is 23.9 Å². The normalized spacial score (nSPS) is 17.2. The Bertz CT molecular complexity index is 1440. The van der Waals surface area contributed by atoms with Crippen LogP contribution in [0.15, 0.2) is 36.5 Å². The Labute approximate surface area is 275 Å². The molecule has 2 N–H and O–H groups in total. The summed E-state index contributed by atoms with van der Waals surface area (Å²) in [5, 5.41) is 12.8. The number of carbonyl (C=O) groups is 3. The summed E-state index contributed by atoms with van der Waals surface area (Å²) in [7, 11) is 1.51. The van der Waals surface area contributed by atoms with Gasteiger partial charge in [0.2, 0.25) is 12.3 Å². The predicted molar refractivity (Wildman–Crippen MR) is 164 cm³/mol. The molecular weight excluding hydrogens is 648 g/mol. The number of likely N-dealkylation sites (N-methyl/N-ethyl adjacent to an activating group) is 1. The van der Waals surface area contributed by atoms with Gasteiger partial charge in [0.05, 0.1) is 18.0 Å². The van der Waals surface area contributed by atoms with Crippen molar-refractivity contribution in [3.05, 3.63) is 53.3 Å².